The molecule has 6 nitrogen and oxygen atoms in total. The summed E-state index contributed by atoms with van der Waals surface area (Å²) in [6.07, 6.45) is 8.77. The Morgan fingerprint density at radius 1 is 0.882 bits per heavy atom. The normalized spacial score (nSPS) is 48.1. The summed E-state index contributed by atoms with van der Waals surface area (Å²) in [5.74, 6) is -2.18. The lowest BCUT2D eigenvalue weighted by Crippen LogP contribution is -2.60. The Morgan fingerprint density at radius 2 is 1.47 bits per heavy atom. The van der Waals surface area contributed by atoms with Crippen LogP contribution >= 0.6 is 0 Å². The lowest BCUT2D eigenvalue weighted by atomic mass is 9.48. The zero-order chi connectivity index (χ0) is 24.0. The average Bonchev–Trinajstić information content (AvgIpc) is 2.67. The molecule has 8 saturated carbocycles. The Bertz CT molecular complexity index is 853. The number of hydrogen-bond donors (Lipinski definition) is 1. The molecule has 0 aromatic rings. The van der Waals surface area contributed by atoms with Crippen LogP contribution in [-0.4, -0.2) is 47.6 Å². The second kappa shape index (κ2) is 7.30. The van der Waals surface area contributed by atoms with Crippen LogP contribution in [0.2, 0.25) is 0 Å². The molecule has 1 N–H and O–H groups in total. The second-order valence-electron chi connectivity index (χ2n) is 13.4. The van der Waals surface area contributed by atoms with E-state index in [1.165, 1.54) is 6.42 Å². The van der Waals surface area contributed by atoms with Gasteiger partial charge in [-0.1, -0.05) is 0 Å². The Morgan fingerprint density at radius 3 is 2.03 bits per heavy atom. The summed E-state index contributed by atoms with van der Waals surface area (Å²) < 4.78 is 43.3. The molecule has 0 aromatic carbocycles. The van der Waals surface area contributed by atoms with Crippen molar-refractivity contribution in [3.05, 3.63) is 0 Å². The maximum absolute atomic E-state index is 13.3. The van der Waals surface area contributed by atoms with Crippen molar-refractivity contribution in [3.8, 4) is 0 Å². The van der Waals surface area contributed by atoms with Crippen LogP contribution in [0.1, 0.15) is 84.0 Å². The van der Waals surface area contributed by atoms with Crippen LogP contribution in [0.25, 0.3) is 0 Å². The standard InChI is InChI=1S/C26H36F2O6/c1-22(27,28)14-32-20(29)24-6-18-3-19(7-24)11-26(10-18,13-24)34-21(30)33-15-23-4-16-2-17(5-23)9-25(31,8-16)12-23/h16-19,31H,2-15H2,1H3. The number of carbonyl (C=O) groups is 2. The summed E-state index contributed by atoms with van der Waals surface area (Å²) in [5.41, 5.74) is -2.40. The van der Waals surface area contributed by atoms with Crippen LogP contribution < -0.4 is 0 Å². The Kier molecular flexibility index (Phi) is 4.93. The highest BCUT2D eigenvalue weighted by molar-refractivity contribution is 5.78. The van der Waals surface area contributed by atoms with Crippen LogP contribution in [0.15, 0.2) is 0 Å². The minimum absolute atomic E-state index is 0.157. The van der Waals surface area contributed by atoms with Crippen LogP contribution in [0, 0.1) is 34.5 Å². The quantitative estimate of drug-likeness (QED) is 0.536. The summed E-state index contributed by atoms with van der Waals surface area (Å²) in [6.45, 7) is 0.0844. The van der Waals surface area contributed by atoms with E-state index in [2.05, 4.69) is 0 Å². The van der Waals surface area contributed by atoms with Gasteiger partial charge in [0.1, 0.15) is 12.2 Å². The average molecular weight is 483 g/mol. The van der Waals surface area contributed by atoms with E-state index < -0.39 is 41.3 Å². The number of alkyl halides is 2. The van der Waals surface area contributed by atoms with Gasteiger partial charge in [-0.15, -0.1) is 0 Å². The smallest absolute Gasteiger partial charge is 0.459 e. The first-order valence-corrected chi connectivity index (χ1v) is 13.0. The van der Waals surface area contributed by atoms with Gasteiger partial charge >= 0.3 is 12.1 Å². The van der Waals surface area contributed by atoms with Gasteiger partial charge in [0, 0.05) is 18.8 Å². The first-order chi connectivity index (χ1) is 15.9. The molecule has 0 amide bonds. The van der Waals surface area contributed by atoms with E-state index in [4.69, 9.17) is 14.2 Å². The summed E-state index contributed by atoms with van der Waals surface area (Å²) in [5, 5.41) is 11.0. The topological polar surface area (TPSA) is 82.1 Å². The van der Waals surface area contributed by atoms with Gasteiger partial charge in [0.25, 0.3) is 5.92 Å². The lowest BCUT2D eigenvalue weighted by molar-refractivity contribution is -0.208. The van der Waals surface area contributed by atoms with Crippen molar-refractivity contribution in [2.24, 2.45) is 34.5 Å². The van der Waals surface area contributed by atoms with Gasteiger partial charge in [0.05, 0.1) is 11.0 Å². The van der Waals surface area contributed by atoms with Crippen molar-refractivity contribution < 1.29 is 37.7 Å². The van der Waals surface area contributed by atoms with Crippen molar-refractivity contribution in [3.63, 3.8) is 0 Å². The van der Waals surface area contributed by atoms with Crippen LogP contribution in [0.4, 0.5) is 13.6 Å². The molecule has 190 valence electrons. The molecule has 4 unspecified atom stereocenters. The van der Waals surface area contributed by atoms with E-state index in [9.17, 15) is 23.5 Å². The molecule has 34 heavy (non-hydrogen) atoms. The van der Waals surface area contributed by atoms with E-state index in [-0.39, 0.29) is 23.9 Å². The summed E-state index contributed by atoms with van der Waals surface area (Å²) >= 11 is 0. The largest absolute Gasteiger partial charge is 0.508 e. The van der Waals surface area contributed by atoms with Crippen molar-refractivity contribution >= 4 is 12.1 Å². The maximum Gasteiger partial charge on any atom is 0.508 e. The highest BCUT2D eigenvalue weighted by Gasteiger charge is 2.64. The van der Waals surface area contributed by atoms with E-state index in [1.54, 1.807) is 0 Å². The number of halogens is 2. The number of rotatable bonds is 6. The van der Waals surface area contributed by atoms with E-state index in [0.29, 0.717) is 50.4 Å². The Labute approximate surface area is 199 Å². The fraction of sp³-hybridized carbons (Fsp3) is 0.923. The second-order valence-corrected chi connectivity index (χ2v) is 13.4. The Balaban J connectivity index is 1.11. The zero-order valence-electron chi connectivity index (χ0n) is 20.0. The van der Waals surface area contributed by atoms with E-state index in [1.807, 2.05) is 0 Å². The molecule has 0 aliphatic heterocycles. The number of esters is 1. The predicted octanol–water partition coefficient (Wildman–Crippen LogP) is 5.01. The molecule has 8 heteroatoms. The number of carbonyl (C=O) groups excluding carboxylic acids is 2. The molecular formula is C26H36F2O6. The van der Waals surface area contributed by atoms with Crippen LogP contribution in [-0.2, 0) is 19.0 Å². The fourth-order valence-electron chi connectivity index (χ4n) is 9.87. The van der Waals surface area contributed by atoms with Crippen LogP contribution in [0.3, 0.4) is 0 Å². The first kappa shape index (κ1) is 23.0. The Hall–Kier alpha value is -1.44. The summed E-state index contributed by atoms with van der Waals surface area (Å²) in [7, 11) is 0. The molecule has 8 rings (SSSR count). The minimum atomic E-state index is -3.07. The third kappa shape index (κ3) is 4.01. The van der Waals surface area contributed by atoms with Crippen molar-refractivity contribution in [2.45, 2.75) is 101 Å². The molecule has 8 aliphatic carbocycles. The number of aliphatic hydroxyl groups is 1. The molecule has 0 aromatic heterocycles. The summed E-state index contributed by atoms with van der Waals surface area (Å²) in [4.78, 5) is 25.8. The van der Waals surface area contributed by atoms with Crippen LogP contribution in [0.5, 0.6) is 0 Å². The lowest BCUT2D eigenvalue weighted by Gasteiger charge is -2.60. The van der Waals surface area contributed by atoms with Gasteiger partial charge in [-0.2, -0.15) is 0 Å². The molecule has 0 radical (unpaired) electrons. The highest BCUT2D eigenvalue weighted by Crippen LogP contribution is 2.64. The number of ether oxygens (including phenoxy) is 3. The predicted molar refractivity (Wildman–Crippen MR) is 116 cm³/mol. The van der Waals surface area contributed by atoms with Gasteiger partial charge in [0.2, 0.25) is 0 Å². The molecular weight excluding hydrogens is 446 g/mol. The monoisotopic (exact) mass is 482 g/mol. The van der Waals surface area contributed by atoms with Gasteiger partial charge < -0.3 is 19.3 Å². The molecule has 8 aliphatic rings. The van der Waals surface area contributed by atoms with Crippen molar-refractivity contribution in [2.75, 3.05) is 13.2 Å². The van der Waals surface area contributed by atoms with Gasteiger partial charge in [-0.3, -0.25) is 4.79 Å². The maximum atomic E-state index is 13.3. The van der Waals surface area contributed by atoms with Gasteiger partial charge in [0.15, 0.2) is 6.61 Å². The number of hydrogen-bond acceptors (Lipinski definition) is 6. The highest BCUT2D eigenvalue weighted by atomic mass is 19.3. The summed E-state index contributed by atoms with van der Waals surface area (Å²) in [6, 6.07) is 0. The minimum Gasteiger partial charge on any atom is -0.459 e. The molecule has 0 heterocycles. The van der Waals surface area contributed by atoms with E-state index in [0.717, 1.165) is 39.0 Å². The molecule has 8 bridgehead atoms. The van der Waals surface area contributed by atoms with E-state index >= 15 is 0 Å². The molecule has 4 atom stereocenters. The fourth-order valence-corrected chi connectivity index (χ4v) is 9.87. The molecule has 8 fully saturated rings. The third-order valence-corrected chi connectivity index (χ3v) is 9.84. The van der Waals surface area contributed by atoms with Gasteiger partial charge in [-0.05, 0) is 94.3 Å². The van der Waals surface area contributed by atoms with Gasteiger partial charge in [-0.25, -0.2) is 13.6 Å². The SMILES string of the molecule is CC(F)(F)COC(=O)C12CC3CC(CC(OC(=O)OCC45CC6CC(CC(O)(C6)C4)C5)(C3)C1)C2. The third-order valence-electron chi connectivity index (χ3n) is 9.84. The van der Waals surface area contributed by atoms with Crippen molar-refractivity contribution in [1.82, 2.24) is 0 Å². The first-order valence-electron chi connectivity index (χ1n) is 13.0. The molecule has 0 spiro atoms. The van der Waals surface area contributed by atoms with Crippen molar-refractivity contribution in [1.29, 1.82) is 0 Å². The molecule has 0 saturated heterocycles. The zero-order valence-corrected chi connectivity index (χ0v) is 20.0.